The summed E-state index contributed by atoms with van der Waals surface area (Å²) in [5.41, 5.74) is 4.88. The summed E-state index contributed by atoms with van der Waals surface area (Å²) in [5.74, 6) is -0.808. The Bertz CT molecular complexity index is 1690. The van der Waals surface area contributed by atoms with Crippen LogP contribution in [0, 0.1) is 6.92 Å². The molecular weight excluding hydrogens is 588 g/mol. The maximum Gasteiger partial charge on any atom is 0.292 e. The normalized spacial score (nSPS) is 17.3. The minimum atomic E-state index is -1.06. The summed E-state index contributed by atoms with van der Waals surface area (Å²) in [5, 5.41) is 20.5. The number of aliphatic hydroxyl groups excluding tert-OH is 1. The molecule has 1 aliphatic carbocycles. The number of amides is 1. The molecule has 2 N–H and O–H groups in total. The standard InChI is InChI=1S/C36H41ClN4O4/c1-4-22(2)41-32-20-26(11-15-29(32)23(3)39-41)24-7-9-25(10-8-24)35(43)36(44)38-31(21-40-17-5-6-18-40)34(42)27-12-16-33(30(37)19-27)45-28-13-14-28/h7-12,15-16,19-20,22,28,31,34,42H,4-6,13-14,17-18,21H2,1-3H3,(H,38,44)/t22?,31-,34-/m1/s1. The second-order valence-corrected chi connectivity index (χ2v) is 12.9. The van der Waals surface area contributed by atoms with Crippen molar-refractivity contribution in [3.63, 3.8) is 0 Å². The lowest BCUT2D eigenvalue weighted by Gasteiger charge is -2.28. The number of carbonyl (C=O) groups excluding carboxylic acids is 2. The first-order chi connectivity index (χ1) is 21.7. The number of carbonyl (C=O) groups is 2. The van der Waals surface area contributed by atoms with Gasteiger partial charge < -0.3 is 20.1 Å². The molecule has 2 fully saturated rings. The Labute approximate surface area is 269 Å². The van der Waals surface area contributed by atoms with Crippen LogP contribution in [0.25, 0.3) is 22.0 Å². The highest BCUT2D eigenvalue weighted by atomic mass is 35.5. The van der Waals surface area contributed by atoms with E-state index in [9.17, 15) is 14.7 Å². The summed E-state index contributed by atoms with van der Waals surface area (Å²) in [6.45, 7) is 8.52. The SMILES string of the molecule is CCC(C)n1nc(C)c2ccc(-c3ccc(C(=O)C(=O)N[C@H](CN4CCCC4)[C@H](O)c4ccc(OC5CC5)c(Cl)c4)cc3)cc21. The highest BCUT2D eigenvalue weighted by Gasteiger charge is 2.30. The van der Waals surface area contributed by atoms with Gasteiger partial charge in [-0.2, -0.15) is 5.10 Å². The van der Waals surface area contributed by atoms with Gasteiger partial charge in [0.05, 0.1) is 28.4 Å². The van der Waals surface area contributed by atoms with Crippen molar-refractivity contribution in [1.82, 2.24) is 20.0 Å². The van der Waals surface area contributed by atoms with Gasteiger partial charge in [0.25, 0.3) is 5.91 Å². The molecule has 6 rings (SSSR count). The molecule has 3 aromatic carbocycles. The number of aliphatic hydroxyl groups is 1. The van der Waals surface area contributed by atoms with Crippen LogP contribution < -0.4 is 10.1 Å². The van der Waals surface area contributed by atoms with E-state index in [0.717, 1.165) is 72.9 Å². The number of rotatable bonds is 12. The van der Waals surface area contributed by atoms with E-state index in [4.69, 9.17) is 21.4 Å². The number of nitrogens with zero attached hydrogens (tertiary/aromatic N) is 3. The summed E-state index contributed by atoms with van der Waals surface area (Å²) >= 11 is 6.48. The van der Waals surface area contributed by atoms with Gasteiger partial charge in [-0.3, -0.25) is 14.3 Å². The van der Waals surface area contributed by atoms with E-state index < -0.39 is 23.8 Å². The topological polar surface area (TPSA) is 96.7 Å². The van der Waals surface area contributed by atoms with Crippen LogP contribution >= 0.6 is 11.6 Å². The number of benzene rings is 3. The van der Waals surface area contributed by atoms with Crippen molar-refractivity contribution in [2.24, 2.45) is 0 Å². The third-order valence-electron chi connectivity index (χ3n) is 9.05. The van der Waals surface area contributed by atoms with Crippen LogP contribution in [0.15, 0.2) is 60.7 Å². The van der Waals surface area contributed by atoms with Crippen LogP contribution in [0.2, 0.25) is 5.02 Å². The number of fused-ring (bicyclic) bond motifs is 1. The number of halogens is 1. The molecule has 4 aromatic rings. The lowest BCUT2D eigenvalue weighted by Crippen LogP contribution is -2.48. The Balaban J connectivity index is 1.18. The number of nitrogens with one attached hydrogen (secondary N) is 1. The van der Waals surface area contributed by atoms with Gasteiger partial charge in [-0.1, -0.05) is 61.0 Å². The number of aromatic nitrogens is 2. The number of aryl methyl sites for hydroxylation is 1. The number of Topliss-reactive ketones (excluding diaryl/α,β-unsaturated/α-hetero) is 1. The summed E-state index contributed by atoms with van der Waals surface area (Å²) < 4.78 is 7.92. The molecule has 1 unspecified atom stereocenters. The van der Waals surface area contributed by atoms with E-state index in [1.165, 1.54) is 0 Å². The molecule has 1 aromatic heterocycles. The Hall–Kier alpha value is -3.72. The Morgan fingerprint density at radius 1 is 1.04 bits per heavy atom. The van der Waals surface area contributed by atoms with Crippen molar-refractivity contribution in [2.45, 2.75) is 77.2 Å². The van der Waals surface area contributed by atoms with Crippen molar-refractivity contribution < 1.29 is 19.4 Å². The summed E-state index contributed by atoms with van der Waals surface area (Å²) in [7, 11) is 0. The number of likely N-dealkylation sites (tertiary alicyclic amines) is 1. The molecule has 3 atom stereocenters. The zero-order chi connectivity index (χ0) is 31.7. The fourth-order valence-electron chi connectivity index (χ4n) is 6.03. The van der Waals surface area contributed by atoms with Crippen molar-refractivity contribution in [3.8, 4) is 16.9 Å². The minimum absolute atomic E-state index is 0.202. The van der Waals surface area contributed by atoms with Crippen LogP contribution in [-0.4, -0.2) is 63.3 Å². The van der Waals surface area contributed by atoms with Crippen molar-refractivity contribution in [2.75, 3.05) is 19.6 Å². The Morgan fingerprint density at radius 3 is 2.42 bits per heavy atom. The van der Waals surface area contributed by atoms with Crippen molar-refractivity contribution in [3.05, 3.63) is 82.5 Å². The Kier molecular flexibility index (Phi) is 9.26. The minimum Gasteiger partial charge on any atom is -0.489 e. The predicted octanol–water partition coefficient (Wildman–Crippen LogP) is 6.67. The Morgan fingerprint density at radius 2 is 1.76 bits per heavy atom. The molecule has 1 saturated carbocycles. The second-order valence-electron chi connectivity index (χ2n) is 12.5. The third-order valence-corrected chi connectivity index (χ3v) is 9.35. The van der Waals surface area contributed by atoms with E-state index >= 15 is 0 Å². The van der Waals surface area contributed by atoms with Gasteiger partial charge >= 0.3 is 0 Å². The molecule has 45 heavy (non-hydrogen) atoms. The highest BCUT2D eigenvalue weighted by molar-refractivity contribution is 6.42. The van der Waals surface area contributed by atoms with E-state index in [0.29, 0.717) is 22.9 Å². The summed E-state index contributed by atoms with van der Waals surface area (Å²) in [4.78, 5) is 28.8. The number of hydrogen-bond donors (Lipinski definition) is 2. The maximum atomic E-state index is 13.3. The van der Waals surface area contributed by atoms with Gasteiger partial charge in [-0.15, -0.1) is 0 Å². The van der Waals surface area contributed by atoms with E-state index in [-0.39, 0.29) is 17.7 Å². The first-order valence-corrected chi connectivity index (χ1v) is 16.4. The van der Waals surface area contributed by atoms with Crippen LogP contribution in [0.1, 0.15) is 79.7 Å². The van der Waals surface area contributed by atoms with Crippen molar-refractivity contribution >= 4 is 34.2 Å². The van der Waals surface area contributed by atoms with E-state index in [1.807, 2.05) is 19.1 Å². The molecule has 2 heterocycles. The number of ketones is 1. The van der Waals surface area contributed by atoms with E-state index in [1.54, 1.807) is 30.3 Å². The fourth-order valence-corrected chi connectivity index (χ4v) is 6.26. The van der Waals surface area contributed by atoms with E-state index in [2.05, 4.69) is 46.9 Å². The quantitative estimate of drug-likeness (QED) is 0.134. The van der Waals surface area contributed by atoms with Crippen LogP contribution in [-0.2, 0) is 4.79 Å². The molecule has 0 spiro atoms. The largest absolute Gasteiger partial charge is 0.489 e. The third kappa shape index (κ3) is 6.93. The summed E-state index contributed by atoms with van der Waals surface area (Å²) in [6.07, 6.45) is 4.28. The molecule has 2 aliphatic rings. The molecule has 0 radical (unpaired) electrons. The van der Waals surface area contributed by atoms with Gasteiger partial charge in [-0.25, -0.2) is 0 Å². The first-order valence-electron chi connectivity index (χ1n) is 16.0. The zero-order valence-electron chi connectivity index (χ0n) is 26.1. The predicted molar refractivity (Wildman–Crippen MR) is 177 cm³/mol. The average molecular weight is 629 g/mol. The molecule has 1 amide bonds. The highest BCUT2D eigenvalue weighted by Crippen LogP contribution is 2.34. The molecule has 1 saturated heterocycles. The van der Waals surface area contributed by atoms with Crippen molar-refractivity contribution in [1.29, 1.82) is 0 Å². The first kappa shape index (κ1) is 31.3. The average Bonchev–Trinajstić information content (AvgIpc) is 3.61. The molecule has 9 heteroatoms. The van der Waals surface area contributed by atoms with Gasteiger partial charge in [0, 0.05) is 23.5 Å². The van der Waals surface area contributed by atoms with Crippen LogP contribution in [0.4, 0.5) is 0 Å². The number of hydrogen-bond acceptors (Lipinski definition) is 6. The molecule has 236 valence electrons. The monoisotopic (exact) mass is 628 g/mol. The van der Waals surface area contributed by atoms with Gasteiger partial charge in [-0.05, 0) is 93.9 Å². The van der Waals surface area contributed by atoms with Gasteiger partial charge in [0.15, 0.2) is 0 Å². The smallest absolute Gasteiger partial charge is 0.292 e. The zero-order valence-corrected chi connectivity index (χ0v) is 26.9. The maximum absolute atomic E-state index is 13.3. The molecule has 1 aliphatic heterocycles. The van der Waals surface area contributed by atoms with Crippen LogP contribution in [0.5, 0.6) is 5.75 Å². The lowest BCUT2D eigenvalue weighted by atomic mass is 9.99. The lowest BCUT2D eigenvalue weighted by molar-refractivity contribution is -0.118. The number of ether oxygens (including phenoxy) is 1. The molecule has 8 nitrogen and oxygen atoms in total. The van der Waals surface area contributed by atoms with Crippen LogP contribution in [0.3, 0.4) is 0 Å². The van der Waals surface area contributed by atoms with Gasteiger partial charge in [0.2, 0.25) is 5.78 Å². The molecular formula is C36H41ClN4O4. The second kappa shape index (κ2) is 13.3. The van der Waals surface area contributed by atoms with Gasteiger partial charge in [0.1, 0.15) is 11.9 Å². The fraction of sp³-hybridized carbons (Fsp3) is 0.417. The molecule has 0 bridgehead atoms. The summed E-state index contributed by atoms with van der Waals surface area (Å²) in [6, 6.07) is 18.2.